The van der Waals surface area contributed by atoms with Crippen LogP contribution in [0.5, 0.6) is 5.75 Å². The Morgan fingerprint density at radius 2 is 1.74 bits per heavy atom. The molecule has 0 spiro atoms. The number of carbonyl (C=O) groups is 2. The van der Waals surface area contributed by atoms with E-state index >= 15 is 0 Å². The molecule has 0 aliphatic carbocycles. The molecular weight excluding hydrogens is 388 g/mol. The smallest absolute Gasteiger partial charge is 0.229 e. The van der Waals surface area contributed by atoms with Gasteiger partial charge in [0.15, 0.2) is 0 Å². The van der Waals surface area contributed by atoms with Crippen LogP contribution < -0.4 is 15.0 Å². The molecule has 0 bridgehead atoms. The van der Waals surface area contributed by atoms with Crippen LogP contribution >= 0.6 is 0 Å². The average molecular weight is 415 g/mol. The average Bonchev–Trinajstić information content (AvgIpc) is 3.18. The largest absolute Gasteiger partial charge is 0.489 e. The van der Waals surface area contributed by atoms with E-state index in [1.807, 2.05) is 86.6 Å². The number of aryl methyl sites for hydroxylation is 2. The zero-order valence-electron chi connectivity index (χ0n) is 17.8. The molecule has 1 atom stereocenters. The minimum absolute atomic E-state index is 0.0433. The van der Waals surface area contributed by atoms with Gasteiger partial charge in [-0.25, -0.2) is 0 Å². The molecule has 1 aliphatic rings. The van der Waals surface area contributed by atoms with Gasteiger partial charge in [0.05, 0.1) is 5.92 Å². The number of nitrogens with zero attached hydrogens (tertiary/aromatic N) is 1. The lowest BCUT2D eigenvalue weighted by Gasteiger charge is -2.17. The number of nitrogens with one attached hydrogen (secondary N) is 1. The molecule has 0 saturated carbocycles. The maximum atomic E-state index is 12.7. The first-order valence-corrected chi connectivity index (χ1v) is 10.4. The second kappa shape index (κ2) is 9.04. The third-order valence-electron chi connectivity index (χ3n) is 5.67. The number of anilines is 2. The Morgan fingerprint density at radius 1 is 1.00 bits per heavy atom. The van der Waals surface area contributed by atoms with Gasteiger partial charge >= 0.3 is 0 Å². The molecular formula is C26H26N2O3. The lowest BCUT2D eigenvalue weighted by molar-refractivity contribution is -0.122. The highest BCUT2D eigenvalue weighted by Gasteiger charge is 2.35. The Labute approximate surface area is 182 Å². The highest BCUT2D eigenvalue weighted by Crippen LogP contribution is 2.28. The van der Waals surface area contributed by atoms with Crippen LogP contribution in [0.3, 0.4) is 0 Å². The van der Waals surface area contributed by atoms with E-state index in [4.69, 9.17) is 4.74 Å². The molecule has 5 heteroatoms. The Hall–Kier alpha value is -3.60. The van der Waals surface area contributed by atoms with Gasteiger partial charge in [0, 0.05) is 24.3 Å². The molecule has 5 nitrogen and oxygen atoms in total. The number of hydrogen-bond donors (Lipinski definition) is 1. The van der Waals surface area contributed by atoms with Crippen LogP contribution in [0.2, 0.25) is 0 Å². The van der Waals surface area contributed by atoms with E-state index in [1.54, 1.807) is 4.90 Å². The summed E-state index contributed by atoms with van der Waals surface area (Å²) in [6.45, 7) is 4.91. The van der Waals surface area contributed by atoms with Crippen molar-refractivity contribution in [3.8, 4) is 5.75 Å². The third-order valence-corrected chi connectivity index (χ3v) is 5.67. The van der Waals surface area contributed by atoms with Gasteiger partial charge in [0.1, 0.15) is 12.4 Å². The van der Waals surface area contributed by atoms with Crippen LogP contribution in [0.4, 0.5) is 11.4 Å². The van der Waals surface area contributed by atoms with Gasteiger partial charge in [-0.2, -0.15) is 0 Å². The molecule has 1 fully saturated rings. The van der Waals surface area contributed by atoms with Crippen molar-refractivity contribution in [3.63, 3.8) is 0 Å². The molecule has 1 heterocycles. The highest BCUT2D eigenvalue weighted by molar-refractivity contribution is 6.03. The maximum absolute atomic E-state index is 12.7. The SMILES string of the molecule is Cc1ccc(NC(=O)C2CC(=O)N(c3ccc(OCc4ccccc4)cc3)C2)cc1C. The van der Waals surface area contributed by atoms with E-state index in [0.29, 0.717) is 13.2 Å². The fourth-order valence-electron chi connectivity index (χ4n) is 3.66. The summed E-state index contributed by atoms with van der Waals surface area (Å²) in [5, 5.41) is 2.95. The Morgan fingerprint density at radius 3 is 2.45 bits per heavy atom. The van der Waals surface area contributed by atoms with Crippen LogP contribution in [0.15, 0.2) is 72.8 Å². The Balaban J connectivity index is 1.36. The molecule has 0 aromatic heterocycles. The Bertz CT molecular complexity index is 1080. The van der Waals surface area contributed by atoms with Crippen molar-refractivity contribution in [2.24, 2.45) is 5.92 Å². The fraction of sp³-hybridized carbons (Fsp3) is 0.231. The molecule has 31 heavy (non-hydrogen) atoms. The summed E-state index contributed by atoms with van der Waals surface area (Å²) in [7, 11) is 0. The lowest BCUT2D eigenvalue weighted by atomic mass is 10.1. The second-order valence-corrected chi connectivity index (χ2v) is 7.96. The summed E-state index contributed by atoms with van der Waals surface area (Å²) in [6, 6.07) is 23.2. The van der Waals surface area contributed by atoms with E-state index in [2.05, 4.69) is 5.32 Å². The minimum Gasteiger partial charge on any atom is -0.489 e. The first-order chi connectivity index (χ1) is 15.0. The van der Waals surface area contributed by atoms with Crippen molar-refractivity contribution in [1.29, 1.82) is 0 Å². The van der Waals surface area contributed by atoms with Crippen LogP contribution in [0.1, 0.15) is 23.1 Å². The zero-order valence-corrected chi connectivity index (χ0v) is 17.8. The van der Waals surface area contributed by atoms with Gasteiger partial charge in [-0.1, -0.05) is 36.4 Å². The summed E-state index contributed by atoms with van der Waals surface area (Å²) in [6.07, 6.45) is 0.211. The number of amides is 2. The number of rotatable bonds is 6. The minimum atomic E-state index is -0.372. The molecule has 1 saturated heterocycles. The first kappa shape index (κ1) is 20.7. The summed E-state index contributed by atoms with van der Waals surface area (Å²) in [5.41, 5.74) is 4.93. The Kier molecular flexibility index (Phi) is 6.03. The molecule has 1 N–H and O–H groups in total. The van der Waals surface area contributed by atoms with E-state index in [-0.39, 0.29) is 24.2 Å². The summed E-state index contributed by atoms with van der Waals surface area (Å²) >= 11 is 0. The van der Waals surface area contributed by atoms with E-state index < -0.39 is 0 Å². The molecule has 3 aromatic rings. The van der Waals surface area contributed by atoms with Crippen molar-refractivity contribution >= 4 is 23.2 Å². The van der Waals surface area contributed by atoms with Gasteiger partial charge < -0.3 is 15.0 Å². The predicted octanol–water partition coefficient (Wildman–Crippen LogP) is 4.87. The fourth-order valence-corrected chi connectivity index (χ4v) is 3.66. The normalized spacial score (nSPS) is 15.7. The van der Waals surface area contributed by atoms with Crippen molar-refractivity contribution < 1.29 is 14.3 Å². The van der Waals surface area contributed by atoms with Gasteiger partial charge in [-0.3, -0.25) is 9.59 Å². The van der Waals surface area contributed by atoms with Crippen LogP contribution in [0, 0.1) is 19.8 Å². The quantitative estimate of drug-likeness (QED) is 0.626. The predicted molar refractivity (Wildman–Crippen MR) is 122 cm³/mol. The monoisotopic (exact) mass is 414 g/mol. The molecule has 1 aliphatic heterocycles. The number of ether oxygens (including phenoxy) is 1. The van der Waals surface area contributed by atoms with Gasteiger partial charge in [0.25, 0.3) is 0 Å². The molecule has 0 radical (unpaired) electrons. The third kappa shape index (κ3) is 4.94. The summed E-state index contributed by atoms with van der Waals surface area (Å²) < 4.78 is 5.81. The zero-order chi connectivity index (χ0) is 21.8. The van der Waals surface area contributed by atoms with Gasteiger partial charge in [-0.15, -0.1) is 0 Å². The number of hydrogen-bond acceptors (Lipinski definition) is 3. The molecule has 2 amide bonds. The number of benzene rings is 3. The molecule has 158 valence electrons. The second-order valence-electron chi connectivity index (χ2n) is 7.96. The summed E-state index contributed by atoms with van der Waals surface area (Å²) in [4.78, 5) is 26.9. The van der Waals surface area contributed by atoms with E-state index in [0.717, 1.165) is 28.3 Å². The maximum Gasteiger partial charge on any atom is 0.229 e. The van der Waals surface area contributed by atoms with E-state index in [1.165, 1.54) is 5.56 Å². The molecule has 4 rings (SSSR count). The molecule has 3 aromatic carbocycles. The van der Waals surface area contributed by atoms with Crippen molar-refractivity contribution in [1.82, 2.24) is 0 Å². The number of carbonyl (C=O) groups excluding carboxylic acids is 2. The van der Waals surface area contributed by atoms with Crippen LogP contribution in [0.25, 0.3) is 0 Å². The summed E-state index contributed by atoms with van der Waals surface area (Å²) in [5.74, 6) is 0.200. The first-order valence-electron chi connectivity index (χ1n) is 10.4. The standard InChI is InChI=1S/C26H26N2O3/c1-18-8-9-22(14-19(18)2)27-26(30)21-15-25(29)28(16-21)23-10-12-24(13-11-23)31-17-20-6-4-3-5-7-20/h3-14,21H,15-17H2,1-2H3,(H,27,30). The van der Waals surface area contributed by atoms with Gasteiger partial charge in [0.2, 0.25) is 11.8 Å². The highest BCUT2D eigenvalue weighted by atomic mass is 16.5. The van der Waals surface area contributed by atoms with Crippen molar-refractivity contribution in [2.75, 3.05) is 16.8 Å². The van der Waals surface area contributed by atoms with Crippen molar-refractivity contribution in [2.45, 2.75) is 26.9 Å². The topological polar surface area (TPSA) is 58.6 Å². The van der Waals surface area contributed by atoms with Gasteiger partial charge in [-0.05, 0) is 66.9 Å². The van der Waals surface area contributed by atoms with E-state index in [9.17, 15) is 9.59 Å². The lowest BCUT2D eigenvalue weighted by Crippen LogP contribution is -2.28. The van der Waals surface area contributed by atoms with Crippen molar-refractivity contribution in [3.05, 3.63) is 89.5 Å². The van der Waals surface area contributed by atoms with Crippen LogP contribution in [-0.4, -0.2) is 18.4 Å². The molecule has 1 unspecified atom stereocenters. The van der Waals surface area contributed by atoms with Crippen LogP contribution in [-0.2, 0) is 16.2 Å².